The number of nitrogens with zero attached hydrogens (tertiary/aromatic N) is 1. The van der Waals surface area contributed by atoms with Crippen molar-refractivity contribution >= 4 is 11.8 Å². The Hall–Kier alpha value is -2.03. The Bertz CT molecular complexity index is 462. The summed E-state index contributed by atoms with van der Waals surface area (Å²) in [6.07, 6.45) is -4.96. The lowest BCUT2D eigenvalue weighted by Crippen LogP contribution is -2.22. The molecule has 18 heavy (non-hydrogen) atoms. The van der Waals surface area contributed by atoms with E-state index in [2.05, 4.69) is 14.5 Å². The van der Waals surface area contributed by atoms with Crippen LogP contribution in [0.4, 0.5) is 19.0 Å². The molecule has 1 rings (SSSR count). The lowest BCUT2D eigenvalue weighted by Gasteiger charge is -2.14. The summed E-state index contributed by atoms with van der Waals surface area (Å²) in [7, 11) is 1.07. The number of pyridine rings is 1. The molecule has 0 aromatic carbocycles. The summed E-state index contributed by atoms with van der Waals surface area (Å²) >= 11 is 0. The zero-order chi connectivity index (χ0) is 13.9. The Morgan fingerprint density at radius 2 is 2.11 bits per heavy atom. The number of alkyl halides is 3. The van der Waals surface area contributed by atoms with Crippen molar-refractivity contribution in [1.29, 1.82) is 0 Å². The molecule has 1 aromatic rings. The largest absolute Gasteiger partial charge is 0.574 e. The molecule has 0 bridgehead atoms. The molecule has 100 valence electrons. The smallest absolute Gasteiger partial charge is 0.465 e. The van der Waals surface area contributed by atoms with Crippen LogP contribution in [0.15, 0.2) is 6.07 Å². The summed E-state index contributed by atoms with van der Waals surface area (Å²) in [5, 5.41) is 0. The molecule has 0 unspecified atom stereocenters. The molecule has 0 aliphatic carbocycles. The fraction of sp³-hybridized carbons (Fsp3) is 0.333. The van der Waals surface area contributed by atoms with Crippen molar-refractivity contribution in [1.82, 2.24) is 4.98 Å². The van der Waals surface area contributed by atoms with Gasteiger partial charge in [-0.3, -0.25) is 0 Å². The van der Waals surface area contributed by atoms with E-state index in [0.717, 1.165) is 13.2 Å². The van der Waals surface area contributed by atoms with Gasteiger partial charge in [0, 0.05) is 12.1 Å². The SMILES string of the molecule is COC(=O)c1cc(N)nc(OC(F)(F)F)c1CN. The number of rotatable bonds is 3. The van der Waals surface area contributed by atoms with Crippen LogP contribution >= 0.6 is 0 Å². The van der Waals surface area contributed by atoms with Crippen LogP contribution < -0.4 is 16.2 Å². The van der Waals surface area contributed by atoms with Crippen LogP contribution in [0.25, 0.3) is 0 Å². The van der Waals surface area contributed by atoms with Crippen LogP contribution in [0.1, 0.15) is 15.9 Å². The van der Waals surface area contributed by atoms with Crippen LogP contribution in [0.3, 0.4) is 0 Å². The molecular formula is C9H10F3N3O3. The first-order valence-electron chi connectivity index (χ1n) is 4.62. The van der Waals surface area contributed by atoms with Crippen LogP contribution in [-0.2, 0) is 11.3 Å². The van der Waals surface area contributed by atoms with E-state index < -0.39 is 18.2 Å². The number of hydrogen-bond acceptors (Lipinski definition) is 6. The third kappa shape index (κ3) is 3.23. The molecule has 0 spiro atoms. The molecular weight excluding hydrogens is 255 g/mol. The Kier molecular flexibility index (Phi) is 3.96. The maximum atomic E-state index is 12.1. The summed E-state index contributed by atoms with van der Waals surface area (Å²) in [5.41, 5.74) is 10.1. The average Bonchev–Trinajstić information content (AvgIpc) is 2.25. The monoisotopic (exact) mass is 265 g/mol. The van der Waals surface area contributed by atoms with E-state index in [1.807, 2.05) is 0 Å². The number of nitrogens with two attached hydrogens (primary N) is 2. The van der Waals surface area contributed by atoms with Gasteiger partial charge in [0.2, 0.25) is 5.88 Å². The van der Waals surface area contributed by atoms with Crippen LogP contribution in [0, 0.1) is 0 Å². The average molecular weight is 265 g/mol. The number of carbonyl (C=O) groups is 1. The van der Waals surface area contributed by atoms with E-state index in [1.54, 1.807) is 0 Å². The van der Waals surface area contributed by atoms with Gasteiger partial charge in [-0.05, 0) is 6.07 Å². The summed E-state index contributed by atoms with van der Waals surface area (Å²) < 4.78 is 44.5. The number of nitrogen functional groups attached to an aromatic ring is 1. The van der Waals surface area contributed by atoms with Crippen molar-refractivity contribution in [3.05, 3.63) is 17.2 Å². The molecule has 0 saturated carbocycles. The second kappa shape index (κ2) is 5.08. The third-order valence-corrected chi connectivity index (χ3v) is 1.93. The topological polar surface area (TPSA) is 100 Å². The van der Waals surface area contributed by atoms with E-state index in [9.17, 15) is 18.0 Å². The number of aromatic nitrogens is 1. The van der Waals surface area contributed by atoms with Gasteiger partial charge in [-0.15, -0.1) is 13.2 Å². The zero-order valence-corrected chi connectivity index (χ0v) is 9.25. The number of esters is 1. The number of methoxy groups -OCH3 is 1. The quantitative estimate of drug-likeness (QED) is 0.784. The second-order valence-corrected chi connectivity index (χ2v) is 3.12. The summed E-state index contributed by atoms with van der Waals surface area (Å²) in [5.74, 6) is -2.05. The highest BCUT2D eigenvalue weighted by molar-refractivity contribution is 5.92. The van der Waals surface area contributed by atoms with Gasteiger partial charge in [0.05, 0.1) is 12.7 Å². The van der Waals surface area contributed by atoms with Crippen molar-refractivity contribution in [2.45, 2.75) is 12.9 Å². The highest BCUT2D eigenvalue weighted by Crippen LogP contribution is 2.28. The lowest BCUT2D eigenvalue weighted by atomic mass is 10.1. The van der Waals surface area contributed by atoms with Gasteiger partial charge in [-0.2, -0.15) is 4.98 Å². The molecule has 1 aromatic heterocycles. The Labute approximate surface area is 99.7 Å². The third-order valence-electron chi connectivity index (χ3n) is 1.93. The minimum Gasteiger partial charge on any atom is -0.465 e. The van der Waals surface area contributed by atoms with Gasteiger partial charge >= 0.3 is 12.3 Å². The normalized spacial score (nSPS) is 11.2. The number of halogens is 3. The molecule has 4 N–H and O–H groups in total. The Morgan fingerprint density at radius 3 is 2.56 bits per heavy atom. The Morgan fingerprint density at radius 1 is 1.50 bits per heavy atom. The lowest BCUT2D eigenvalue weighted by molar-refractivity contribution is -0.276. The number of ether oxygens (including phenoxy) is 2. The molecule has 0 amide bonds. The maximum absolute atomic E-state index is 12.1. The summed E-state index contributed by atoms with van der Waals surface area (Å²) in [6.45, 7) is -0.386. The van der Waals surface area contributed by atoms with E-state index in [-0.39, 0.29) is 23.5 Å². The standard InChI is InChI=1S/C9H10F3N3O3/c1-17-8(16)4-2-6(14)15-7(5(4)3-13)18-9(10,11)12/h2H,3,13H2,1H3,(H2,14,15). The van der Waals surface area contributed by atoms with Gasteiger partial charge in [0.25, 0.3) is 0 Å². The minimum atomic E-state index is -4.96. The predicted molar refractivity (Wildman–Crippen MR) is 54.6 cm³/mol. The van der Waals surface area contributed by atoms with Crippen molar-refractivity contribution in [3.63, 3.8) is 0 Å². The van der Waals surface area contributed by atoms with Gasteiger partial charge in [0.1, 0.15) is 5.82 Å². The molecule has 0 radical (unpaired) electrons. The van der Waals surface area contributed by atoms with E-state index >= 15 is 0 Å². The number of anilines is 1. The maximum Gasteiger partial charge on any atom is 0.574 e. The molecule has 0 fully saturated rings. The van der Waals surface area contributed by atoms with Gasteiger partial charge in [0.15, 0.2) is 0 Å². The molecule has 9 heteroatoms. The second-order valence-electron chi connectivity index (χ2n) is 3.12. The van der Waals surface area contributed by atoms with E-state index in [1.165, 1.54) is 0 Å². The molecule has 0 aliphatic heterocycles. The first kappa shape index (κ1) is 14.0. The highest BCUT2D eigenvalue weighted by atomic mass is 19.4. The van der Waals surface area contributed by atoms with Crippen LogP contribution in [0.2, 0.25) is 0 Å². The minimum absolute atomic E-state index is 0.216. The summed E-state index contributed by atoms with van der Waals surface area (Å²) in [6, 6.07) is 1.07. The molecule has 0 aliphatic rings. The van der Waals surface area contributed by atoms with Crippen LogP contribution in [0.5, 0.6) is 5.88 Å². The molecule has 0 atom stereocenters. The molecule has 1 heterocycles. The molecule has 0 saturated heterocycles. The predicted octanol–water partition coefficient (Wildman–Crippen LogP) is 0.808. The number of carbonyl (C=O) groups excluding carboxylic acids is 1. The fourth-order valence-electron chi connectivity index (χ4n) is 1.25. The van der Waals surface area contributed by atoms with Crippen LogP contribution in [-0.4, -0.2) is 24.4 Å². The van der Waals surface area contributed by atoms with Crippen molar-refractivity contribution in [2.75, 3.05) is 12.8 Å². The van der Waals surface area contributed by atoms with Crippen molar-refractivity contribution in [3.8, 4) is 5.88 Å². The van der Waals surface area contributed by atoms with Crippen molar-refractivity contribution < 1.29 is 27.4 Å². The Balaban J connectivity index is 3.33. The highest BCUT2D eigenvalue weighted by Gasteiger charge is 2.34. The first-order chi connectivity index (χ1) is 8.28. The van der Waals surface area contributed by atoms with Crippen molar-refractivity contribution in [2.24, 2.45) is 5.73 Å². The zero-order valence-electron chi connectivity index (χ0n) is 9.25. The van der Waals surface area contributed by atoms with E-state index in [0.29, 0.717) is 0 Å². The van der Waals surface area contributed by atoms with E-state index in [4.69, 9.17) is 11.5 Å². The first-order valence-corrected chi connectivity index (χ1v) is 4.62. The fourth-order valence-corrected chi connectivity index (χ4v) is 1.25. The summed E-state index contributed by atoms with van der Waals surface area (Å²) in [4.78, 5) is 14.7. The van der Waals surface area contributed by atoms with Gasteiger partial charge < -0.3 is 20.9 Å². The van der Waals surface area contributed by atoms with Gasteiger partial charge in [-0.25, -0.2) is 4.79 Å². The van der Waals surface area contributed by atoms with Gasteiger partial charge in [-0.1, -0.05) is 0 Å². The number of hydrogen-bond donors (Lipinski definition) is 2. The molecule has 6 nitrogen and oxygen atoms in total.